The largest absolute Gasteiger partial charge is 0.338 e. The third kappa shape index (κ3) is 3.85. The van der Waals surface area contributed by atoms with E-state index in [2.05, 4.69) is 17.1 Å². The molecule has 20 heavy (non-hydrogen) atoms. The Hall–Kier alpha value is -0.820. The van der Waals surface area contributed by atoms with E-state index in [9.17, 15) is 13.2 Å². The summed E-state index contributed by atoms with van der Waals surface area (Å²) in [7, 11) is -1.26. The van der Waals surface area contributed by atoms with Gasteiger partial charge in [0.1, 0.15) is 0 Å². The number of hydrogen-bond acceptors (Lipinski definition) is 4. The molecule has 1 N–H and O–H groups in total. The van der Waals surface area contributed by atoms with Crippen LogP contribution in [0, 0.1) is 5.92 Å². The number of nitrogens with one attached hydrogen (secondary N) is 1. The van der Waals surface area contributed by atoms with Crippen LogP contribution in [0.2, 0.25) is 0 Å². The van der Waals surface area contributed by atoms with Crippen molar-refractivity contribution in [2.45, 2.75) is 25.8 Å². The van der Waals surface area contributed by atoms with Gasteiger partial charge in [-0.1, -0.05) is 6.92 Å². The van der Waals surface area contributed by atoms with Crippen LogP contribution in [-0.4, -0.2) is 75.0 Å². The fourth-order valence-corrected chi connectivity index (χ4v) is 4.74. The van der Waals surface area contributed by atoms with Crippen LogP contribution in [0.15, 0.2) is 0 Å². The van der Waals surface area contributed by atoms with E-state index in [1.165, 1.54) is 0 Å². The first-order valence-corrected chi connectivity index (χ1v) is 9.17. The summed E-state index contributed by atoms with van der Waals surface area (Å²) in [6, 6.07) is -0.322. The monoisotopic (exact) mass is 303 g/mol. The van der Waals surface area contributed by atoms with Crippen molar-refractivity contribution in [2.75, 3.05) is 44.7 Å². The first-order chi connectivity index (χ1) is 9.41. The Morgan fingerprint density at radius 1 is 1.40 bits per heavy atom. The Kier molecular flexibility index (Phi) is 4.90. The normalized spacial score (nSPS) is 29.5. The molecule has 0 aromatic carbocycles. The summed E-state index contributed by atoms with van der Waals surface area (Å²) >= 11 is 0. The molecule has 0 aromatic heterocycles. The average Bonchev–Trinajstić information content (AvgIpc) is 3.01. The van der Waals surface area contributed by atoms with E-state index in [1.807, 2.05) is 0 Å². The van der Waals surface area contributed by atoms with Crippen molar-refractivity contribution in [2.24, 2.45) is 5.92 Å². The lowest BCUT2D eigenvalue weighted by atomic mass is 10.1. The van der Waals surface area contributed by atoms with Crippen LogP contribution < -0.4 is 5.32 Å². The highest BCUT2D eigenvalue weighted by atomic mass is 32.2. The summed E-state index contributed by atoms with van der Waals surface area (Å²) in [6.07, 6.45) is 1.68. The predicted octanol–water partition coefficient (Wildman–Crippen LogP) is 0.157. The molecule has 0 radical (unpaired) electrons. The number of rotatable bonds is 4. The fourth-order valence-electron chi connectivity index (χ4n) is 2.97. The molecule has 6 nitrogen and oxygen atoms in total. The van der Waals surface area contributed by atoms with Crippen molar-refractivity contribution < 1.29 is 13.2 Å². The molecule has 2 saturated heterocycles. The van der Waals surface area contributed by atoms with Crippen LogP contribution in [0.1, 0.15) is 19.8 Å². The molecule has 2 unspecified atom stereocenters. The third-order valence-electron chi connectivity index (χ3n) is 4.44. The minimum Gasteiger partial charge on any atom is -0.338 e. The molecule has 2 amide bonds. The molecule has 2 heterocycles. The first-order valence-electron chi connectivity index (χ1n) is 7.34. The van der Waals surface area contributed by atoms with E-state index in [0.29, 0.717) is 18.9 Å². The molecule has 0 aromatic rings. The molecule has 0 saturated carbocycles. The minimum absolute atomic E-state index is 0.101. The Labute approximate surface area is 121 Å². The number of carbonyl (C=O) groups is 1. The maximum absolute atomic E-state index is 12.1. The van der Waals surface area contributed by atoms with Gasteiger partial charge < -0.3 is 15.1 Å². The molecular weight excluding hydrogens is 278 g/mol. The first kappa shape index (κ1) is 15.6. The highest BCUT2D eigenvalue weighted by molar-refractivity contribution is 7.91. The van der Waals surface area contributed by atoms with Gasteiger partial charge in [0.25, 0.3) is 0 Å². The van der Waals surface area contributed by atoms with Crippen LogP contribution in [0.3, 0.4) is 0 Å². The van der Waals surface area contributed by atoms with E-state index in [0.717, 1.165) is 26.1 Å². The van der Waals surface area contributed by atoms with Crippen molar-refractivity contribution in [1.29, 1.82) is 0 Å². The Bertz CT molecular complexity index is 452. The molecule has 2 aliphatic rings. The standard InChI is InChI=1S/C13H25N3O3S/c1-3-16-6-4-11(9-16)8-14-13(17)15(2)12-5-7-20(18,19)10-12/h11-12H,3-10H2,1-2H3,(H,14,17). The number of urea groups is 1. The van der Waals surface area contributed by atoms with Gasteiger partial charge in [-0.15, -0.1) is 0 Å². The van der Waals surface area contributed by atoms with Crippen LogP contribution >= 0.6 is 0 Å². The fraction of sp³-hybridized carbons (Fsp3) is 0.923. The van der Waals surface area contributed by atoms with E-state index < -0.39 is 9.84 Å². The van der Waals surface area contributed by atoms with Crippen molar-refractivity contribution in [3.05, 3.63) is 0 Å². The topological polar surface area (TPSA) is 69.7 Å². The van der Waals surface area contributed by atoms with Crippen molar-refractivity contribution in [3.8, 4) is 0 Å². The second-order valence-electron chi connectivity index (χ2n) is 5.90. The molecule has 2 rings (SSSR count). The van der Waals surface area contributed by atoms with E-state index in [-0.39, 0.29) is 23.6 Å². The SMILES string of the molecule is CCN1CCC(CNC(=O)N(C)C2CCS(=O)(=O)C2)C1. The molecule has 7 heteroatoms. The zero-order valence-corrected chi connectivity index (χ0v) is 13.2. The number of likely N-dealkylation sites (tertiary alicyclic amines) is 1. The van der Waals surface area contributed by atoms with Crippen molar-refractivity contribution in [1.82, 2.24) is 15.1 Å². The molecule has 116 valence electrons. The summed E-state index contributed by atoms with van der Waals surface area (Å²) in [5.41, 5.74) is 0. The lowest BCUT2D eigenvalue weighted by Gasteiger charge is -2.24. The zero-order chi connectivity index (χ0) is 14.8. The third-order valence-corrected chi connectivity index (χ3v) is 6.19. The summed E-state index contributed by atoms with van der Waals surface area (Å²) in [4.78, 5) is 16.0. The number of amides is 2. The predicted molar refractivity (Wildman–Crippen MR) is 78.4 cm³/mol. The van der Waals surface area contributed by atoms with Crippen molar-refractivity contribution in [3.63, 3.8) is 0 Å². The van der Waals surface area contributed by atoms with Crippen LogP contribution in [0.5, 0.6) is 0 Å². The Morgan fingerprint density at radius 2 is 2.15 bits per heavy atom. The molecule has 2 fully saturated rings. The Morgan fingerprint density at radius 3 is 2.70 bits per heavy atom. The van der Waals surface area contributed by atoms with Gasteiger partial charge in [0.15, 0.2) is 9.84 Å². The molecule has 0 spiro atoms. The quantitative estimate of drug-likeness (QED) is 0.803. The number of nitrogens with zero attached hydrogens (tertiary/aromatic N) is 2. The average molecular weight is 303 g/mol. The summed E-state index contributed by atoms with van der Waals surface area (Å²) in [5, 5.41) is 2.94. The smallest absolute Gasteiger partial charge is 0.317 e. The number of hydrogen-bond donors (Lipinski definition) is 1. The highest BCUT2D eigenvalue weighted by Gasteiger charge is 2.33. The van der Waals surface area contributed by atoms with Crippen LogP contribution in [0.25, 0.3) is 0 Å². The summed E-state index contributed by atoms with van der Waals surface area (Å²) < 4.78 is 22.9. The maximum atomic E-state index is 12.1. The van der Waals surface area contributed by atoms with Gasteiger partial charge in [0, 0.05) is 26.2 Å². The highest BCUT2D eigenvalue weighted by Crippen LogP contribution is 2.17. The minimum atomic E-state index is -2.94. The van der Waals surface area contributed by atoms with Gasteiger partial charge in [-0.05, 0) is 31.8 Å². The van der Waals surface area contributed by atoms with Crippen molar-refractivity contribution >= 4 is 15.9 Å². The summed E-state index contributed by atoms with van der Waals surface area (Å²) in [5.74, 6) is 0.812. The number of sulfone groups is 1. The molecular formula is C13H25N3O3S. The maximum Gasteiger partial charge on any atom is 0.317 e. The van der Waals surface area contributed by atoms with Gasteiger partial charge in [-0.2, -0.15) is 0 Å². The van der Waals surface area contributed by atoms with Gasteiger partial charge in [0.05, 0.1) is 11.5 Å². The van der Waals surface area contributed by atoms with Crippen LogP contribution in [0.4, 0.5) is 4.79 Å². The molecule has 2 aliphatic heterocycles. The van der Waals surface area contributed by atoms with Gasteiger partial charge in [0.2, 0.25) is 0 Å². The zero-order valence-electron chi connectivity index (χ0n) is 12.3. The molecule has 2 atom stereocenters. The lowest BCUT2D eigenvalue weighted by Crippen LogP contribution is -2.45. The second kappa shape index (κ2) is 6.30. The summed E-state index contributed by atoms with van der Waals surface area (Å²) in [6.45, 7) is 6.03. The van der Waals surface area contributed by atoms with E-state index in [4.69, 9.17) is 0 Å². The lowest BCUT2D eigenvalue weighted by molar-refractivity contribution is 0.193. The number of carbonyl (C=O) groups excluding carboxylic acids is 1. The molecule has 0 bridgehead atoms. The second-order valence-corrected chi connectivity index (χ2v) is 8.13. The van der Waals surface area contributed by atoms with E-state index in [1.54, 1.807) is 11.9 Å². The Balaban J connectivity index is 1.75. The molecule has 0 aliphatic carbocycles. The van der Waals surface area contributed by atoms with Gasteiger partial charge >= 0.3 is 6.03 Å². The van der Waals surface area contributed by atoms with E-state index >= 15 is 0 Å². The van der Waals surface area contributed by atoms with Crippen LogP contribution in [-0.2, 0) is 9.84 Å². The van der Waals surface area contributed by atoms with Gasteiger partial charge in [-0.3, -0.25) is 0 Å². The van der Waals surface area contributed by atoms with Gasteiger partial charge in [-0.25, -0.2) is 13.2 Å².